The molecule has 1 N–H and O–H groups in total. The monoisotopic (exact) mass is 403 g/mol. The van der Waals surface area contributed by atoms with Gasteiger partial charge in [-0.25, -0.2) is 9.78 Å². The predicted molar refractivity (Wildman–Crippen MR) is 116 cm³/mol. The van der Waals surface area contributed by atoms with Gasteiger partial charge in [-0.1, -0.05) is 48.5 Å². The molecule has 0 aliphatic carbocycles. The molecule has 146 valence electrons. The molecule has 4 aromatic rings. The average Bonchev–Trinajstić information content (AvgIpc) is 3.16. The number of carbonyl (C=O) groups excluding carboxylic acids is 1. The van der Waals surface area contributed by atoms with Gasteiger partial charge in [-0.3, -0.25) is 0 Å². The van der Waals surface area contributed by atoms with Crippen LogP contribution in [0, 0.1) is 0 Å². The molecule has 5 nitrogen and oxygen atoms in total. The van der Waals surface area contributed by atoms with E-state index in [1.54, 1.807) is 23.3 Å². The Bertz CT molecular complexity index is 1080. The summed E-state index contributed by atoms with van der Waals surface area (Å²) in [5.41, 5.74) is 1.88. The fraction of sp³-hybridized carbons (Fsp3) is 0.130. The maximum Gasteiger partial charge on any atom is 0.317 e. The van der Waals surface area contributed by atoms with Gasteiger partial charge in [0.25, 0.3) is 0 Å². The topological polar surface area (TPSA) is 54.5 Å². The number of hydrogen-bond acceptors (Lipinski definition) is 4. The van der Waals surface area contributed by atoms with Crippen molar-refractivity contribution in [1.82, 2.24) is 15.2 Å². The van der Waals surface area contributed by atoms with Crippen molar-refractivity contribution < 1.29 is 9.53 Å². The molecule has 3 aromatic carbocycles. The van der Waals surface area contributed by atoms with Crippen LogP contribution in [0.2, 0.25) is 0 Å². The van der Waals surface area contributed by atoms with E-state index in [-0.39, 0.29) is 6.03 Å². The summed E-state index contributed by atoms with van der Waals surface area (Å²) >= 11 is 1.61. The Morgan fingerprint density at radius 2 is 1.72 bits per heavy atom. The molecular formula is C23H21N3O2S. The molecule has 4 rings (SSSR count). The Morgan fingerprint density at radius 3 is 2.55 bits per heavy atom. The number of hydrogen-bond donors (Lipinski definition) is 1. The van der Waals surface area contributed by atoms with Crippen LogP contribution in [-0.2, 0) is 13.1 Å². The SMILES string of the molecule is CN(Cc1nc2ccccc2s1)C(=O)NCc1ccccc1Oc1ccccc1. The number of para-hydroxylation sites is 3. The number of nitrogens with zero attached hydrogens (tertiary/aromatic N) is 2. The van der Waals surface area contributed by atoms with Crippen LogP contribution < -0.4 is 10.1 Å². The third-order valence-corrected chi connectivity index (χ3v) is 5.45. The van der Waals surface area contributed by atoms with Crippen LogP contribution in [0.4, 0.5) is 4.79 Å². The molecular weight excluding hydrogens is 382 g/mol. The van der Waals surface area contributed by atoms with Crippen LogP contribution in [0.15, 0.2) is 78.9 Å². The Hall–Kier alpha value is -3.38. The highest BCUT2D eigenvalue weighted by Crippen LogP contribution is 2.25. The van der Waals surface area contributed by atoms with Gasteiger partial charge < -0.3 is 15.0 Å². The minimum atomic E-state index is -0.154. The van der Waals surface area contributed by atoms with Crippen LogP contribution >= 0.6 is 11.3 Å². The van der Waals surface area contributed by atoms with Crippen LogP contribution in [-0.4, -0.2) is 23.0 Å². The number of ether oxygens (including phenoxy) is 1. The highest BCUT2D eigenvalue weighted by atomic mass is 32.1. The predicted octanol–water partition coefficient (Wildman–Crippen LogP) is 5.43. The van der Waals surface area contributed by atoms with Crippen LogP contribution in [0.1, 0.15) is 10.6 Å². The molecule has 0 unspecified atom stereocenters. The summed E-state index contributed by atoms with van der Waals surface area (Å²) in [6.07, 6.45) is 0. The molecule has 29 heavy (non-hydrogen) atoms. The highest BCUT2D eigenvalue weighted by molar-refractivity contribution is 7.18. The molecule has 0 saturated heterocycles. The zero-order valence-electron chi connectivity index (χ0n) is 16.0. The van der Waals surface area contributed by atoms with E-state index >= 15 is 0 Å². The first-order chi connectivity index (χ1) is 14.2. The average molecular weight is 404 g/mol. The molecule has 0 spiro atoms. The van der Waals surface area contributed by atoms with Gasteiger partial charge in [0.2, 0.25) is 0 Å². The summed E-state index contributed by atoms with van der Waals surface area (Å²) in [6.45, 7) is 0.847. The lowest BCUT2D eigenvalue weighted by atomic mass is 10.2. The van der Waals surface area contributed by atoms with Gasteiger partial charge in [0.15, 0.2) is 0 Å². The number of amides is 2. The molecule has 6 heteroatoms. The molecule has 0 fully saturated rings. The second kappa shape index (κ2) is 8.75. The van der Waals surface area contributed by atoms with E-state index < -0.39 is 0 Å². The van der Waals surface area contributed by atoms with Gasteiger partial charge in [0, 0.05) is 19.2 Å². The Balaban J connectivity index is 1.37. The zero-order chi connectivity index (χ0) is 20.1. The minimum absolute atomic E-state index is 0.154. The lowest BCUT2D eigenvalue weighted by Gasteiger charge is -2.17. The smallest absolute Gasteiger partial charge is 0.317 e. The minimum Gasteiger partial charge on any atom is -0.457 e. The quantitative estimate of drug-likeness (QED) is 0.467. The van der Waals surface area contributed by atoms with Crippen molar-refractivity contribution in [2.24, 2.45) is 0 Å². The van der Waals surface area contributed by atoms with Crippen LogP contribution in [0.5, 0.6) is 11.5 Å². The maximum absolute atomic E-state index is 12.6. The first-order valence-electron chi connectivity index (χ1n) is 9.33. The fourth-order valence-electron chi connectivity index (χ4n) is 2.93. The molecule has 1 heterocycles. The molecule has 2 amide bonds. The number of fused-ring (bicyclic) bond motifs is 1. The van der Waals surface area contributed by atoms with E-state index in [0.29, 0.717) is 13.1 Å². The Labute approximate surface area is 173 Å². The fourth-order valence-corrected chi connectivity index (χ4v) is 3.95. The molecule has 0 bridgehead atoms. The molecule has 0 atom stereocenters. The van der Waals surface area contributed by atoms with Crippen molar-refractivity contribution in [2.45, 2.75) is 13.1 Å². The van der Waals surface area contributed by atoms with Gasteiger partial charge in [-0.05, 0) is 30.3 Å². The zero-order valence-corrected chi connectivity index (χ0v) is 16.9. The lowest BCUT2D eigenvalue weighted by Crippen LogP contribution is -2.36. The summed E-state index contributed by atoms with van der Waals surface area (Å²) in [6, 6.07) is 25.2. The molecule has 0 saturated carbocycles. The number of benzene rings is 3. The van der Waals surface area contributed by atoms with Gasteiger partial charge >= 0.3 is 6.03 Å². The van der Waals surface area contributed by atoms with Crippen molar-refractivity contribution in [3.63, 3.8) is 0 Å². The van der Waals surface area contributed by atoms with Gasteiger partial charge in [-0.2, -0.15) is 0 Å². The number of aromatic nitrogens is 1. The number of carbonyl (C=O) groups is 1. The number of thiazole rings is 1. The van der Waals surface area contributed by atoms with Crippen molar-refractivity contribution in [2.75, 3.05) is 7.05 Å². The second-order valence-electron chi connectivity index (χ2n) is 6.61. The van der Waals surface area contributed by atoms with E-state index in [1.165, 1.54) is 0 Å². The van der Waals surface area contributed by atoms with E-state index in [4.69, 9.17) is 4.74 Å². The molecule has 0 aliphatic rings. The molecule has 0 radical (unpaired) electrons. The third-order valence-electron chi connectivity index (χ3n) is 4.43. The van der Waals surface area contributed by atoms with E-state index in [0.717, 1.165) is 32.3 Å². The van der Waals surface area contributed by atoms with E-state index in [1.807, 2.05) is 78.9 Å². The number of urea groups is 1. The summed E-state index contributed by atoms with van der Waals surface area (Å²) in [5, 5.41) is 3.88. The first-order valence-corrected chi connectivity index (χ1v) is 10.1. The third kappa shape index (κ3) is 4.73. The summed E-state index contributed by atoms with van der Waals surface area (Å²) in [5.74, 6) is 1.49. The van der Waals surface area contributed by atoms with Gasteiger partial charge in [0.1, 0.15) is 16.5 Å². The maximum atomic E-state index is 12.6. The van der Waals surface area contributed by atoms with Crippen molar-refractivity contribution in [3.8, 4) is 11.5 Å². The first kappa shape index (κ1) is 19.0. The Morgan fingerprint density at radius 1 is 1.00 bits per heavy atom. The van der Waals surface area contributed by atoms with E-state index in [9.17, 15) is 4.79 Å². The van der Waals surface area contributed by atoms with Crippen LogP contribution in [0.3, 0.4) is 0 Å². The highest BCUT2D eigenvalue weighted by Gasteiger charge is 2.13. The van der Waals surface area contributed by atoms with E-state index in [2.05, 4.69) is 10.3 Å². The number of nitrogens with one attached hydrogen (secondary N) is 1. The number of rotatable bonds is 6. The van der Waals surface area contributed by atoms with Crippen molar-refractivity contribution in [1.29, 1.82) is 0 Å². The van der Waals surface area contributed by atoms with Crippen molar-refractivity contribution >= 4 is 27.6 Å². The summed E-state index contributed by atoms with van der Waals surface area (Å²) in [4.78, 5) is 18.8. The molecule has 1 aromatic heterocycles. The molecule has 0 aliphatic heterocycles. The lowest BCUT2D eigenvalue weighted by molar-refractivity contribution is 0.206. The van der Waals surface area contributed by atoms with Crippen molar-refractivity contribution in [3.05, 3.63) is 89.4 Å². The standard InChI is InChI=1S/C23H21N3O2S/c1-26(16-22-25-19-12-6-8-14-21(19)29-22)23(27)24-15-17-9-5-7-13-20(17)28-18-10-3-2-4-11-18/h2-14H,15-16H2,1H3,(H,24,27). The van der Waals surface area contributed by atoms with Gasteiger partial charge in [0.05, 0.1) is 16.8 Å². The largest absolute Gasteiger partial charge is 0.457 e. The van der Waals surface area contributed by atoms with Crippen LogP contribution in [0.25, 0.3) is 10.2 Å². The second-order valence-corrected chi connectivity index (χ2v) is 7.73. The summed E-state index contributed by atoms with van der Waals surface area (Å²) in [7, 11) is 1.77. The summed E-state index contributed by atoms with van der Waals surface area (Å²) < 4.78 is 7.09. The Kier molecular flexibility index (Phi) is 5.72. The van der Waals surface area contributed by atoms with Gasteiger partial charge in [-0.15, -0.1) is 11.3 Å². The normalized spacial score (nSPS) is 10.7.